The molecule has 5 nitrogen and oxygen atoms in total. The Bertz CT molecular complexity index is 1170. The van der Waals surface area contributed by atoms with Gasteiger partial charge in [0.25, 0.3) is 11.8 Å². The van der Waals surface area contributed by atoms with E-state index < -0.39 is 5.91 Å². The maximum absolute atomic E-state index is 12.7. The number of hydrazine groups is 1. The molecule has 1 aliphatic rings. The summed E-state index contributed by atoms with van der Waals surface area (Å²) < 4.78 is 6.11. The highest BCUT2D eigenvalue weighted by molar-refractivity contribution is 8.26. The van der Waals surface area contributed by atoms with Crippen LogP contribution in [0.1, 0.15) is 27.0 Å². The molecule has 1 aliphatic heterocycles. The van der Waals surface area contributed by atoms with Crippen molar-refractivity contribution in [2.24, 2.45) is 0 Å². The van der Waals surface area contributed by atoms with Crippen molar-refractivity contribution in [2.75, 3.05) is 0 Å². The van der Waals surface area contributed by atoms with Crippen molar-refractivity contribution in [3.8, 4) is 5.75 Å². The van der Waals surface area contributed by atoms with Gasteiger partial charge in [-0.3, -0.25) is 15.0 Å². The van der Waals surface area contributed by atoms with E-state index in [4.69, 9.17) is 17.0 Å². The lowest BCUT2D eigenvalue weighted by atomic mass is 10.1. The van der Waals surface area contributed by atoms with E-state index in [1.54, 1.807) is 30.3 Å². The number of carbonyl (C=O) groups excluding carboxylic acids is 2. The lowest BCUT2D eigenvalue weighted by Gasteiger charge is -2.15. The van der Waals surface area contributed by atoms with Crippen LogP contribution in [-0.4, -0.2) is 21.1 Å². The van der Waals surface area contributed by atoms with Gasteiger partial charge in [-0.05, 0) is 60.6 Å². The predicted molar refractivity (Wildman–Crippen MR) is 131 cm³/mol. The molecular formula is C25H20N2O3S2. The zero-order valence-electron chi connectivity index (χ0n) is 17.3. The van der Waals surface area contributed by atoms with Crippen LogP contribution in [0.4, 0.5) is 0 Å². The lowest BCUT2D eigenvalue weighted by Crippen LogP contribution is -2.44. The van der Waals surface area contributed by atoms with E-state index in [0.29, 0.717) is 17.1 Å². The summed E-state index contributed by atoms with van der Waals surface area (Å²) in [4.78, 5) is 25.6. The Morgan fingerprint density at radius 3 is 2.41 bits per heavy atom. The summed E-state index contributed by atoms with van der Waals surface area (Å²) in [6.07, 6.45) is 1.75. The first kappa shape index (κ1) is 21.8. The first-order valence-corrected chi connectivity index (χ1v) is 11.1. The quantitative estimate of drug-likeness (QED) is 0.409. The summed E-state index contributed by atoms with van der Waals surface area (Å²) >= 11 is 6.43. The van der Waals surface area contributed by atoms with E-state index in [0.717, 1.165) is 33.6 Å². The SMILES string of the molecule is Cc1ccc(COc2ccc(/C=C3\SC(=S)N(NC(=O)c4ccccc4)C3=O)cc2)cc1. The maximum atomic E-state index is 12.7. The van der Waals surface area contributed by atoms with Crippen molar-refractivity contribution in [1.29, 1.82) is 0 Å². The van der Waals surface area contributed by atoms with Crippen LogP contribution >= 0.6 is 24.0 Å². The van der Waals surface area contributed by atoms with Crippen molar-refractivity contribution in [3.05, 3.63) is 106 Å². The fraction of sp³-hybridized carbons (Fsp3) is 0.0800. The number of hydrogen-bond acceptors (Lipinski definition) is 5. The number of thiocarbonyl (C=S) groups is 1. The molecule has 0 unspecified atom stereocenters. The number of ether oxygens (including phenoxy) is 1. The van der Waals surface area contributed by atoms with Crippen molar-refractivity contribution in [2.45, 2.75) is 13.5 Å². The number of nitrogens with zero attached hydrogens (tertiary/aromatic N) is 1. The predicted octanol–water partition coefficient (Wildman–Crippen LogP) is 5.12. The van der Waals surface area contributed by atoms with Crippen LogP contribution in [0.3, 0.4) is 0 Å². The molecule has 160 valence electrons. The molecule has 4 rings (SSSR count). The number of hydrogen-bond donors (Lipinski definition) is 1. The molecule has 1 fully saturated rings. The molecule has 32 heavy (non-hydrogen) atoms. The monoisotopic (exact) mass is 460 g/mol. The topological polar surface area (TPSA) is 58.6 Å². The van der Waals surface area contributed by atoms with Crippen molar-refractivity contribution in [1.82, 2.24) is 10.4 Å². The minimum atomic E-state index is -0.391. The lowest BCUT2D eigenvalue weighted by molar-refractivity contribution is -0.123. The molecule has 0 bridgehead atoms. The minimum absolute atomic E-state index is 0.281. The number of thioether (sulfide) groups is 1. The standard InChI is InChI=1S/C25H20N2O3S2/c1-17-7-9-19(10-8-17)16-30-21-13-11-18(12-14-21)15-22-24(29)27(25(31)32-22)26-23(28)20-5-3-2-4-6-20/h2-15H,16H2,1H3,(H,26,28)/b22-15-. The molecule has 1 saturated heterocycles. The second kappa shape index (κ2) is 9.80. The molecule has 3 aromatic carbocycles. The Morgan fingerprint density at radius 1 is 1.03 bits per heavy atom. The van der Waals surface area contributed by atoms with Crippen LogP contribution in [-0.2, 0) is 11.4 Å². The largest absolute Gasteiger partial charge is 0.489 e. The van der Waals surface area contributed by atoms with E-state index in [2.05, 4.69) is 17.6 Å². The van der Waals surface area contributed by atoms with Gasteiger partial charge in [0.15, 0.2) is 4.32 Å². The smallest absolute Gasteiger partial charge is 0.285 e. The number of amides is 2. The van der Waals surface area contributed by atoms with Crippen molar-refractivity contribution < 1.29 is 14.3 Å². The zero-order chi connectivity index (χ0) is 22.5. The molecule has 7 heteroatoms. The summed E-state index contributed by atoms with van der Waals surface area (Å²) in [5.41, 5.74) is 6.17. The van der Waals surface area contributed by atoms with E-state index in [1.165, 1.54) is 5.56 Å². The Kier molecular flexibility index (Phi) is 6.68. The molecule has 3 aromatic rings. The molecule has 0 atom stereocenters. The molecule has 1 N–H and O–H groups in total. The van der Waals surface area contributed by atoms with Crippen LogP contribution < -0.4 is 10.2 Å². The van der Waals surface area contributed by atoms with E-state index in [1.807, 2.05) is 49.4 Å². The first-order chi connectivity index (χ1) is 15.5. The molecule has 0 spiro atoms. The molecular weight excluding hydrogens is 440 g/mol. The summed E-state index contributed by atoms with van der Waals surface area (Å²) in [5, 5.41) is 1.11. The van der Waals surface area contributed by atoms with Gasteiger partial charge in [-0.2, -0.15) is 5.01 Å². The third kappa shape index (κ3) is 5.25. The van der Waals surface area contributed by atoms with Gasteiger partial charge in [0.2, 0.25) is 0 Å². The second-order valence-electron chi connectivity index (χ2n) is 7.17. The van der Waals surface area contributed by atoms with Gasteiger partial charge in [-0.15, -0.1) is 0 Å². The Hall–Kier alpha value is -3.42. The third-order valence-corrected chi connectivity index (χ3v) is 6.05. The highest BCUT2D eigenvalue weighted by atomic mass is 32.2. The number of benzene rings is 3. The summed E-state index contributed by atoms with van der Waals surface area (Å²) in [7, 11) is 0. The molecule has 0 radical (unpaired) electrons. The van der Waals surface area contributed by atoms with Crippen LogP contribution in [0.2, 0.25) is 0 Å². The number of carbonyl (C=O) groups is 2. The minimum Gasteiger partial charge on any atom is -0.489 e. The molecule has 0 aromatic heterocycles. The molecule has 2 amide bonds. The fourth-order valence-corrected chi connectivity index (χ4v) is 4.16. The Labute approximate surface area is 196 Å². The zero-order valence-corrected chi connectivity index (χ0v) is 18.9. The number of nitrogens with one attached hydrogen (secondary N) is 1. The van der Waals surface area contributed by atoms with E-state index in [-0.39, 0.29) is 10.2 Å². The van der Waals surface area contributed by atoms with Gasteiger partial charge in [0.1, 0.15) is 12.4 Å². The second-order valence-corrected chi connectivity index (χ2v) is 8.84. The van der Waals surface area contributed by atoms with Gasteiger partial charge in [-0.25, -0.2) is 0 Å². The summed E-state index contributed by atoms with van der Waals surface area (Å²) in [6.45, 7) is 2.54. The van der Waals surface area contributed by atoms with Crippen LogP contribution in [0.15, 0.2) is 83.8 Å². The van der Waals surface area contributed by atoms with Crippen molar-refractivity contribution >= 4 is 46.2 Å². The highest BCUT2D eigenvalue weighted by Crippen LogP contribution is 2.31. The van der Waals surface area contributed by atoms with Crippen LogP contribution in [0.25, 0.3) is 6.08 Å². The van der Waals surface area contributed by atoms with E-state index in [9.17, 15) is 9.59 Å². The average Bonchev–Trinajstić information content (AvgIpc) is 3.07. The first-order valence-electron chi connectivity index (χ1n) is 9.92. The summed E-state index contributed by atoms with van der Waals surface area (Å²) in [5.74, 6) is -0.00685. The number of aryl methyl sites for hydroxylation is 1. The molecule has 1 heterocycles. The third-order valence-electron chi connectivity index (χ3n) is 4.75. The van der Waals surface area contributed by atoms with Gasteiger partial charge >= 0.3 is 0 Å². The molecule has 0 aliphatic carbocycles. The van der Waals surface area contributed by atoms with Crippen LogP contribution in [0, 0.1) is 6.92 Å². The number of rotatable bonds is 6. The Morgan fingerprint density at radius 2 is 1.72 bits per heavy atom. The van der Waals surface area contributed by atoms with Gasteiger partial charge in [0, 0.05) is 5.56 Å². The van der Waals surface area contributed by atoms with Crippen LogP contribution in [0.5, 0.6) is 5.75 Å². The van der Waals surface area contributed by atoms with E-state index >= 15 is 0 Å². The average molecular weight is 461 g/mol. The van der Waals surface area contributed by atoms with Crippen molar-refractivity contribution in [3.63, 3.8) is 0 Å². The fourth-order valence-electron chi connectivity index (χ4n) is 2.98. The van der Waals surface area contributed by atoms with Gasteiger partial charge in [-0.1, -0.05) is 71.9 Å². The summed E-state index contributed by atoms with van der Waals surface area (Å²) in [6, 6.07) is 24.3. The molecule has 0 saturated carbocycles. The highest BCUT2D eigenvalue weighted by Gasteiger charge is 2.33. The normalized spacial score (nSPS) is 14.7. The van der Waals surface area contributed by atoms with Gasteiger partial charge in [0.05, 0.1) is 4.91 Å². The Balaban J connectivity index is 1.39. The maximum Gasteiger partial charge on any atom is 0.285 e. The van der Waals surface area contributed by atoms with Gasteiger partial charge < -0.3 is 4.74 Å².